The van der Waals surface area contributed by atoms with E-state index in [9.17, 15) is 5.11 Å². The number of hydrogen-bond acceptors (Lipinski definition) is 7. The number of rotatable bonds is 12. The van der Waals surface area contributed by atoms with Crippen LogP contribution in [0.4, 0.5) is 0 Å². The minimum atomic E-state index is -0.693. The van der Waals surface area contributed by atoms with Crippen molar-refractivity contribution in [2.75, 3.05) is 27.9 Å². The van der Waals surface area contributed by atoms with Gasteiger partial charge in [-0.3, -0.25) is 5.32 Å². The van der Waals surface area contributed by atoms with E-state index in [-0.39, 0.29) is 0 Å². The fourth-order valence-electron chi connectivity index (χ4n) is 3.28. The van der Waals surface area contributed by atoms with Crippen LogP contribution in [0.25, 0.3) is 11.4 Å². The maximum absolute atomic E-state index is 10.2. The van der Waals surface area contributed by atoms with E-state index in [1.54, 1.807) is 34.4 Å². The van der Waals surface area contributed by atoms with Crippen molar-refractivity contribution in [1.82, 2.24) is 15.3 Å². The van der Waals surface area contributed by atoms with Gasteiger partial charge in [-0.2, -0.15) is 0 Å². The van der Waals surface area contributed by atoms with Gasteiger partial charge in [0.25, 0.3) is 0 Å². The molecule has 2 atom stereocenters. The number of methoxy groups -OCH3 is 3. The highest BCUT2D eigenvalue weighted by atomic mass is 16.5. The number of nitrogens with zero attached hydrogens (tertiary/aromatic N) is 1. The van der Waals surface area contributed by atoms with Gasteiger partial charge < -0.3 is 29.0 Å². The molecule has 0 saturated carbocycles. The Morgan fingerprint density at radius 1 is 1.03 bits per heavy atom. The number of H-pyrrole nitrogens is 1. The first-order valence-electron chi connectivity index (χ1n) is 10.5. The molecule has 0 fully saturated rings. The van der Waals surface area contributed by atoms with E-state index in [0.717, 1.165) is 29.1 Å². The zero-order valence-corrected chi connectivity index (χ0v) is 18.9. The lowest BCUT2D eigenvalue weighted by atomic mass is 10.1. The van der Waals surface area contributed by atoms with E-state index in [0.29, 0.717) is 30.4 Å². The minimum Gasteiger partial charge on any atom is -0.493 e. The van der Waals surface area contributed by atoms with Crippen molar-refractivity contribution in [3.05, 3.63) is 59.9 Å². The maximum Gasteiger partial charge on any atom is 0.176 e. The van der Waals surface area contributed by atoms with Gasteiger partial charge in [-0.25, -0.2) is 4.98 Å². The highest BCUT2D eigenvalue weighted by Crippen LogP contribution is 2.27. The Hall–Kier alpha value is -3.07. The van der Waals surface area contributed by atoms with Crippen LogP contribution in [0.3, 0.4) is 0 Å². The van der Waals surface area contributed by atoms with Gasteiger partial charge in [0.15, 0.2) is 17.7 Å². The van der Waals surface area contributed by atoms with Gasteiger partial charge in [0.2, 0.25) is 0 Å². The third-order valence-electron chi connectivity index (χ3n) is 4.96. The second-order valence-electron chi connectivity index (χ2n) is 7.39. The molecular formula is C24H31N3O5. The standard InChI is InChI=1S/C24H31N3O5/c1-16(28)24(25-12-11-17-5-10-21(30-3)22(13-17)31-4)32-20-8-6-18(7-9-20)23-26-14-19(27-23)15-29-2/h5-10,13-14,16,24-25,28H,11-12,15H2,1-4H3,(H,26,27). The van der Waals surface area contributed by atoms with Gasteiger partial charge >= 0.3 is 0 Å². The van der Waals surface area contributed by atoms with Crippen LogP contribution in [0.5, 0.6) is 17.2 Å². The van der Waals surface area contributed by atoms with Crippen LogP contribution in [-0.4, -0.2) is 55.3 Å². The summed E-state index contributed by atoms with van der Waals surface area (Å²) in [5.41, 5.74) is 2.94. The minimum absolute atomic E-state index is 0.485. The molecule has 2 aromatic carbocycles. The molecule has 8 nitrogen and oxygen atoms in total. The Labute approximate surface area is 188 Å². The molecule has 1 heterocycles. The zero-order valence-electron chi connectivity index (χ0n) is 18.9. The number of hydrogen-bond donors (Lipinski definition) is 3. The Bertz CT molecular complexity index is 972. The summed E-state index contributed by atoms with van der Waals surface area (Å²) in [6.45, 7) is 2.81. The summed E-state index contributed by atoms with van der Waals surface area (Å²) in [6.07, 6.45) is 1.27. The predicted molar refractivity (Wildman–Crippen MR) is 122 cm³/mol. The molecule has 1 aromatic heterocycles. The normalized spacial score (nSPS) is 12.9. The lowest BCUT2D eigenvalue weighted by Crippen LogP contribution is -2.43. The topological polar surface area (TPSA) is 97.9 Å². The lowest BCUT2D eigenvalue weighted by molar-refractivity contribution is 0.0274. The third kappa shape index (κ3) is 6.23. The Balaban J connectivity index is 1.56. The molecule has 0 bridgehead atoms. The van der Waals surface area contributed by atoms with E-state index < -0.39 is 12.3 Å². The summed E-state index contributed by atoms with van der Waals surface area (Å²) in [5.74, 6) is 2.81. The van der Waals surface area contributed by atoms with Crippen molar-refractivity contribution in [3.63, 3.8) is 0 Å². The zero-order chi connectivity index (χ0) is 22.9. The summed E-state index contributed by atoms with van der Waals surface area (Å²) in [6, 6.07) is 13.4. The smallest absolute Gasteiger partial charge is 0.176 e. The van der Waals surface area contributed by atoms with E-state index >= 15 is 0 Å². The maximum atomic E-state index is 10.2. The Morgan fingerprint density at radius 2 is 1.78 bits per heavy atom. The van der Waals surface area contributed by atoms with Crippen LogP contribution in [-0.2, 0) is 17.8 Å². The number of imidazole rings is 1. The van der Waals surface area contributed by atoms with Gasteiger partial charge in [0.1, 0.15) is 17.7 Å². The van der Waals surface area contributed by atoms with Crippen molar-refractivity contribution >= 4 is 0 Å². The van der Waals surface area contributed by atoms with E-state index in [2.05, 4.69) is 15.3 Å². The molecule has 3 N–H and O–H groups in total. The lowest BCUT2D eigenvalue weighted by Gasteiger charge is -2.23. The number of benzene rings is 2. The molecule has 0 aliphatic carbocycles. The summed E-state index contributed by atoms with van der Waals surface area (Å²) >= 11 is 0. The number of aromatic nitrogens is 2. The van der Waals surface area contributed by atoms with Crippen LogP contribution < -0.4 is 19.5 Å². The average molecular weight is 442 g/mol. The summed E-state index contributed by atoms with van der Waals surface area (Å²) < 4.78 is 21.7. The summed E-state index contributed by atoms with van der Waals surface area (Å²) in [7, 11) is 4.88. The fourth-order valence-corrected chi connectivity index (χ4v) is 3.28. The van der Waals surface area contributed by atoms with E-state index in [1.165, 1.54) is 0 Å². The number of aliphatic hydroxyl groups is 1. The molecule has 8 heteroatoms. The van der Waals surface area contributed by atoms with Gasteiger partial charge in [0.05, 0.1) is 32.7 Å². The van der Waals surface area contributed by atoms with Crippen LogP contribution in [0.15, 0.2) is 48.7 Å². The van der Waals surface area contributed by atoms with Gasteiger partial charge in [-0.15, -0.1) is 0 Å². The largest absolute Gasteiger partial charge is 0.493 e. The molecule has 0 amide bonds. The molecule has 0 radical (unpaired) electrons. The van der Waals surface area contributed by atoms with E-state index in [4.69, 9.17) is 18.9 Å². The third-order valence-corrected chi connectivity index (χ3v) is 4.96. The molecular weight excluding hydrogens is 410 g/mol. The fraction of sp³-hybridized carbons (Fsp3) is 0.375. The second-order valence-corrected chi connectivity index (χ2v) is 7.39. The van der Waals surface area contributed by atoms with Crippen molar-refractivity contribution < 1.29 is 24.1 Å². The SMILES string of the molecule is COCc1cnc(-c2ccc(OC(NCCc3ccc(OC)c(OC)c3)C(C)O)cc2)[nH]1. The Kier molecular flexibility index (Phi) is 8.49. The van der Waals surface area contributed by atoms with E-state index in [1.807, 2.05) is 42.5 Å². The number of aromatic amines is 1. The molecule has 0 aliphatic rings. The van der Waals surface area contributed by atoms with Gasteiger partial charge in [-0.1, -0.05) is 6.07 Å². The molecule has 0 spiro atoms. The predicted octanol–water partition coefficient (Wildman–Crippen LogP) is 3.16. The highest BCUT2D eigenvalue weighted by Gasteiger charge is 2.16. The summed E-state index contributed by atoms with van der Waals surface area (Å²) in [5, 5.41) is 13.4. The summed E-state index contributed by atoms with van der Waals surface area (Å²) in [4.78, 5) is 7.59. The number of ether oxygens (including phenoxy) is 4. The number of nitrogens with one attached hydrogen (secondary N) is 2. The van der Waals surface area contributed by atoms with Crippen LogP contribution in [0.1, 0.15) is 18.2 Å². The van der Waals surface area contributed by atoms with Gasteiger partial charge in [0, 0.05) is 19.2 Å². The second kappa shape index (κ2) is 11.5. The van der Waals surface area contributed by atoms with Crippen LogP contribution >= 0.6 is 0 Å². The molecule has 32 heavy (non-hydrogen) atoms. The molecule has 3 aromatic rings. The molecule has 172 valence electrons. The molecule has 0 aliphatic heterocycles. The van der Waals surface area contributed by atoms with Gasteiger partial charge in [-0.05, 0) is 55.3 Å². The van der Waals surface area contributed by atoms with Crippen molar-refractivity contribution in [2.45, 2.75) is 32.3 Å². The van der Waals surface area contributed by atoms with Crippen molar-refractivity contribution in [2.24, 2.45) is 0 Å². The first kappa shape index (κ1) is 23.6. The molecule has 0 saturated heterocycles. The molecule has 3 rings (SSSR count). The Morgan fingerprint density at radius 3 is 2.44 bits per heavy atom. The monoisotopic (exact) mass is 441 g/mol. The van der Waals surface area contributed by atoms with Crippen molar-refractivity contribution in [3.8, 4) is 28.6 Å². The molecule has 2 unspecified atom stereocenters. The first-order chi connectivity index (χ1) is 15.5. The van der Waals surface area contributed by atoms with Crippen molar-refractivity contribution in [1.29, 1.82) is 0 Å². The number of aliphatic hydroxyl groups excluding tert-OH is 1. The van der Waals surface area contributed by atoms with Crippen LogP contribution in [0, 0.1) is 0 Å². The quantitative estimate of drug-likeness (QED) is 0.372. The highest BCUT2D eigenvalue weighted by molar-refractivity contribution is 5.56. The first-order valence-corrected chi connectivity index (χ1v) is 10.5. The average Bonchev–Trinajstić information content (AvgIpc) is 3.27. The van der Waals surface area contributed by atoms with Crippen LogP contribution in [0.2, 0.25) is 0 Å².